The summed E-state index contributed by atoms with van der Waals surface area (Å²) in [4.78, 5) is 17.2. The third-order valence-electron chi connectivity index (χ3n) is 2.19. The Morgan fingerprint density at radius 1 is 1.35 bits per heavy atom. The van der Waals surface area contributed by atoms with Crippen LogP contribution in [0, 0.1) is 13.8 Å². The van der Waals surface area contributed by atoms with E-state index in [-0.39, 0.29) is 11.6 Å². The summed E-state index contributed by atoms with van der Waals surface area (Å²) in [5, 5.41) is 6.77. The number of urea groups is 1. The van der Waals surface area contributed by atoms with Gasteiger partial charge in [-0.15, -0.1) is 11.3 Å². The number of nitrogens with one attached hydrogen (secondary N) is 2. The van der Waals surface area contributed by atoms with E-state index < -0.39 is 0 Å². The quantitative estimate of drug-likeness (QED) is 0.871. The van der Waals surface area contributed by atoms with E-state index in [9.17, 15) is 4.79 Å². The molecule has 0 unspecified atom stereocenters. The Kier molecular flexibility index (Phi) is 4.51. The van der Waals surface area contributed by atoms with Gasteiger partial charge < -0.3 is 10.6 Å². The van der Waals surface area contributed by atoms with E-state index in [1.807, 2.05) is 27.7 Å². The van der Waals surface area contributed by atoms with Crippen molar-refractivity contribution in [1.82, 2.24) is 15.6 Å². The first-order valence-electron chi connectivity index (χ1n) is 5.77. The zero-order chi connectivity index (χ0) is 13.1. The molecule has 17 heavy (non-hydrogen) atoms. The smallest absolute Gasteiger partial charge is 0.315 e. The van der Waals surface area contributed by atoms with Crippen LogP contribution in [0.15, 0.2) is 0 Å². The van der Waals surface area contributed by atoms with Gasteiger partial charge in [0.15, 0.2) is 0 Å². The lowest BCUT2D eigenvalue weighted by molar-refractivity contribution is 0.232. The van der Waals surface area contributed by atoms with Gasteiger partial charge in [0.25, 0.3) is 0 Å². The summed E-state index contributed by atoms with van der Waals surface area (Å²) < 4.78 is 0. The van der Waals surface area contributed by atoms with Gasteiger partial charge in [-0.1, -0.05) is 0 Å². The second kappa shape index (κ2) is 5.49. The largest absolute Gasteiger partial charge is 0.338 e. The molecular formula is C12H21N3OS. The molecule has 0 aliphatic carbocycles. The summed E-state index contributed by atoms with van der Waals surface area (Å²) in [6, 6.07) is -0.123. The van der Waals surface area contributed by atoms with Crippen molar-refractivity contribution in [2.75, 3.05) is 6.54 Å². The maximum absolute atomic E-state index is 11.5. The number of carbonyl (C=O) groups is 1. The van der Waals surface area contributed by atoms with Gasteiger partial charge in [-0.2, -0.15) is 0 Å². The topological polar surface area (TPSA) is 54.0 Å². The van der Waals surface area contributed by atoms with E-state index in [0.717, 1.165) is 17.1 Å². The normalized spacial score (nSPS) is 11.4. The van der Waals surface area contributed by atoms with Crippen LogP contribution >= 0.6 is 11.3 Å². The minimum absolute atomic E-state index is 0.123. The first-order chi connectivity index (χ1) is 7.78. The lowest BCUT2D eigenvalue weighted by Crippen LogP contribution is -2.46. The minimum atomic E-state index is -0.196. The first-order valence-corrected chi connectivity index (χ1v) is 6.58. The van der Waals surface area contributed by atoms with E-state index in [4.69, 9.17) is 0 Å². The number of aromatic nitrogens is 1. The van der Waals surface area contributed by atoms with Gasteiger partial charge >= 0.3 is 6.03 Å². The van der Waals surface area contributed by atoms with Gasteiger partial charge in [-0.25, -0.2) is 9.78 Å². The maximum atomic E-state index is 11.5. The molecule has 0 aromatic carbocycles. The van der Waals surface area contributed by atoms with E-state index in [1.165, 1.54) is 4.88 Å². The molecule has 4 nitrogen and oxygen atoms in total. The number of hydrogen-bond donors (Lipinski definition) is 2. The second-order valence-corrected chi connectivity index (χ2v) is 6.42. The zero-order valence-electron chi connectivity index (χ0n) is 11.2. The molecule has 1 rings (SSSR count). The highest BCUT2D eigenvalue weighted by Gasteiger charge is 2.13. The van der Waals surface area contributed by atoms with Crippen LogP contribution < -0.4 is 10.6 Å². The molecule has 2 amide bonds. The van der Waals surface area contributed by atoms with Crippen LogP contribution in [0.2, 0.25) is 0 Å². The lowest BCUT2D eigenvalue weighted by Gasteiger charge is -2.20. The molecule has 0 radical (unpaired) electrons. The SMILES string of the molecule is Cc1nc(CCNC(=O)NC(C)(C)C)sc1C. The molecule has 1 heterocycles. The molecule has 0 atom stereocenters. The molecule has 0 fully saturated rings. The molecule has 0 saturated heterocycles. The number of amides is 2. The summed E-state index contributed by atoms with van der Waals surface area (Å²) in [5.41, 5.74) is 0.891. The van der Waals surface area contributed by atoms with Crippen molar-refractivity contribution in [3.05, 3.63) is 15.6 Å². The van der Waals surface area contributed by atoms with Gasteiger partial charge in [0, 0.05) is 23.4 Å². The standard InChI is InChI=1S/C12H21N3OS/c1-8-9(2)17-10(14-8)6-7-13-11(16)15-12(3,4)5/h6-7H2,1-5H3,(H2,13,15,16). The molecule has 1 aromatic heterocycles. The molecule has 5 heteroatoms. The summed E-state index contributed by atoms with van der Waals surface area (Å²) in [5.74, 6) is 0. The Balaban J connectivity index is 2.31. The first kappa shape index (κ1) is 14.0. The Hall–Kier alpha value is -1.10. The predicted molar refractivity (Wildman–Crippen MR) is 71.6 cm³/mol. The third kappa shape index (κ3) is 5.17. The van der Waals surface area contributed by atoms with E-state index >= 15 is 0 Å². The van der Waals surface area contributed by atoms with Crippen molar-refractivity contribution in [3.63, 3.8) is 0 Å². The summed E-state index contributed by atoms with van der Waals surface area (Å²) in [6.45, 7) is 10.6. The van der Waals surface area contributed by atoms with Crippen molar-refractivity contribution in [2.24, 2.45) is 0 Å². The molecule has 0 aliphatic rings. The van der Waals surface area contributed by atoms with Crippen LogP contribution in [0.3, 0.4) is 0 Å². The highest BCUT2D eigenvalue weighted by atomic mass is 32.1. The van der Waals surface area contributed by atoms with Gasteiger partial charge in [-0.05, 0) is 34.6 Å². The molecular weight excluding hydrogens is 234 g/mol. The number of thiazole rings is 1. The Bertz CT molecular complexity index is 373. The minimum Gasteiger partial charge on any atom is -0.338 e. The Morgan fingerprint density at radius 3 is 2.47 bits per heavy atom. The van der Waals surface area contributed by atoms with Crippen LogP contribution in [0.25, 0.3) is 0 Å². The van der Waals surface area contributed by atoms with Gasteiger partial charge in [0.1, 0.15) is 0 Å². The summed E-state index contributed by atoms with van der Waals surface area (Å²) >= 11 is 1.70. The Morgan fingerprint density at radius 2 is 2.00 bits per heavy atom. The summed E-state index contributed by atoms with van der Waals surface area (Å²) in [6.07, 6.45) is 0.789. The van der Waals surface area contributed by atoms with Crippen molar-refractivity contribution in [3.8, 4) is 0 Å². The van der Waals surface area contributed by atoms with Crippen LogP contribution in [0.1, 0.15) is 36.3 Å². The van der Waals surface area contributed by atoms with Crippen LogP contribution in [0.4, 0.5) is 4.79 Å². The fourth-order valence-electron chi connectivity index (χ4n) is 1.31. The highest BCUT2D eigenvalue weighted by molar-refractivity contribution is 7.11. The average molecular weight is 255 g/mol. The van der Waals surface area contributed by atoms with Crippen molar-refractivity contribution >= 4 is 17.4 Å². The molecule has 0 saturated carbocycles. The fraction of sp³-hybridized carbons (Fsp3) is 0.667. The van der Waals surface area contributed by atoms with E-state index in [0.29, 0.717) is 6.54 Å². The molecule has 0 bridgehead atoms. The number of nitrogens with zero attached hydrogens (tertiary/aromatic N) is 1. The van der Waals surface area contributed by atoms with Gasteiger partial charge in [0.2, 0.25) is 0 Å². The second-order valence-electron chi connectivity index (χ2n) is 5.13. The monoisotopic (exact) mass is 255 g/mol. The fourth-order valence-corrected chi connectivity index (χ4v) is 2.25. The van der Waals surface area contributed by atoms with Crippen molar-refractivity contribution < 1.29 is 4.79 Å². The highest BCUT2D eigenvalue weighted by Crippen LogP contribution is 2.16. The predicted octanol–water partition coefficient (Wildman–Crippen LogP) is 2.40. The molecule has 0 aliphatic heterocycles. The number of rotatable bonds is 3. The van der Waals surface area contributed by atoms with Crippen molar-refractivity contribution in [2.45, 2.75) is 46.6 Å². The van der Waals surface area contributed by atoms with Crippen LogP contribution in [-0.2, 0) is 6.42 Å². The third-order valence-corrected chi connectivity index (χ3v) is 3.32. The van der Waals surface area contributed by atoms with Crippen LogP contribution in [-0.4, -0.2) is 23.1 Å². The van der Waals surface area contributed by atoms with Crippen molar-refractivity contribution in [1.29, 1.82) is 0 Å². The lowest BCUT2D eigenvalue weighted by atomic mass is 10.1. The van der Waals surface area contributed by atoms with E-state index in [2.05, 4.69) is 22.5 Å². The maximum Gasteiger partial charge on any atom is 0.315 e. The van der Waals surface area contributed by atoms with Gasteiger partial charge in [0.05, 0.1) is 10.7 Å². The number of aryl methyl sites for hydroxylation is 2. The molecule has 2 N–H and O–H groups in total. The Labute approximate surface area is 107 Å². The average Bonchev–Trinajstić information content (AvgIpc) is 2.43. The summed E-state index contributed by atoms with van der Waals surface area (Å²) in [7, 11) is 0. The van der Waals surface area contributed by atoms with Gasteiger partial charge in [-0.3, -0.25) is 0 Å². The molecule has 1 aromatic rings. The number of carbonyl (C=O) groups excluding carboxylic acids is 1. The van der Waals surface area contributed by atoms with E-state index in [1.54, 1.807) is 11.3 Å². The zero-order valence-corrected chi connectivity index (χ0v) is 12.0. The number of hydrogen-bond acceptors (Lipinski definition) is 3. The molecule has 0 spiro atoms. The van der Waals surface area contributed by atoms with Crippen LogP contribution in [0.5, 0.6) is 0 Å². The molecule has 96 valence electrons.